The number of hydrogen-bond donors (Lipinski definition) is 0. The molecule has 0 saturated carbocycles. The van der Waals surface area contributed by atoms with Crippen LogP contribution in [0, 0.1) is 14.9 Å². The van der Waals surface area contributed by atoms with Crippen molar-refractivity contribution in [2.24, 2.45) is 0 Å². The molecular weight excluding hydrogens is 341 g/mol. The number of nitriles is 1. The van der Waals surface area contributed by atoms with Gasteiger partial charge in [-0.2, -0.15) is 5.26 Å². The maximum Gasteiger partial charge on any atom is 0.253 e. The van der Waals surface area contributed by atoms with E-state index in [2.05, 4.69) is 33.6 Å². The van der Waals surface area contributed by atoms with Crippen molar-refractivity contribution in [2.45, 2.75) is 0 Å². The van der Waals surface area contributed by atoms with Crippen molar-refractivity contribution in [3.05, 3.63) is 33.4 Å². The van der Waals surface area contributed by atoms with Crippen LogP contribution in [0.1, 0.15) is 10.4 Å². The Morgan fingerprint density at radius 3 is 2.39 bits per heavy atom. The van der Waals surface area contributed by atoms with E-state index in [0.717, 1.165) is 22.2 Å². The Morgan fingerprint density at radius 1 is 1.22 bits per heavy atom. The normalized spacial score (nSPS) is 16.3. The number of rotatable bonds is 2. The van der Waals surface area contributed by atoms with E-state index in [1.807, 2.05) is 29.2 Å². The lowest BCUT2D eigenvalue weighted by Crippen LogP contribution is -2.48. The van der Waals surface area contributed by atoms with Gasteiger partial charge in [0.2, 0.25) is 0 Å². The van der Waals surface area contributed by atoms with E-state index in [1.165, 1.54) is 0 Å². The molecule has 18 heavy (non-hydrogen) atoms. The largest absolute Gasteiger partial charge is 0.336 e. The van der Waals surface area contributed by atoms with E-state index >= 15 is 0 Å². The Hall–Kier alpha value is -1.13. The molecule has 0 bridgehead atoms. The average molecular weight is 355 g/mol. The lowest BCUT2D eigenvalue weighted by atomic mass is 10.2. The molecule has 0 atom stereocenters. The lowest BCUT2D eigenvalue weighted by molar-refractivity contribution is 0.0652. The maximum atomic E-state index is 12.2. The minimum absolute atomic E-state index is 0.0861. The second kappa shape index (κ2) is 6.16. The molecule has 0 spiro atoms. The summed E-state index contributed by atoms with van der Waals surface area (Å²) in [6, 6.07) is 9.76. The van der Waals surface area contributed by atoms with Crippen LogP contribution in [0.2, 0.25) is 0 Å². The smallest absolute Gasteiger partial charge is 0.253 e. The van der Waals surface area contributed by atoms with Crippen molar-refractivity contribution in [1.82, 2.24) is 9.80 Å². The molecule has 1 heterocycles. The van der Waals surface area contributed by atoms with E-state index < -0.39 is 0 Å². The van der Waals surface area contributed by atoms with Gasteiger partial charge >= 0.3 is 0 Å². The van der Waals surface area contributed by atoms with E-state index in [9.17, 15) is 4.79 Å². The Bertz CT molecular complexity index is 458. The molecule has 1 aliphatic heterocycles. The van der Waals surface area contributed by atoms with Crippen LogP contribution in [-0.2, 0) is 0 Å². The second-order valence-corrected chi connectivity index (χ2v) is 5.48. The maximum absolute atomic E-state index is 12.2. The first-order chi connectivity index (χ1) is 8.70. The Kier molecular flexibility index (Phi) is 4.55. The molecule has 0 radical (unpaired) electrons. The van der Waals surface area contributed by atoms with Crippen molar-refractivity contribution < 1.29 is 4.79 Å². The summed E-state index contributed by atoms with van der Waals surface area (Å²) in [6.45, 7) is 3.41. The molecule has 1 saturated heterocycles. The molecule has 1 fully saturated rings. The molecular formula is C13H14IN3O. The van der Waals surface area contributed by atoms with E-state index in [-0.39, 0.29) is 5.91 Å². The highest BCUT2D eigenvalue weighted by Gasteiger charge is 2.21. The average Bonchev–Trinajstić information content (AvgIpc) is 2.40. The quantitative estimate of drug-likeness (QED) is 0.598. The minimum Gasteiger partial charge on any atom is -0.336 e. The van der Waals surface area contributed by atoms with Crippen LogP contribution in [0.4, 0.5) is 0 Å². The summed E-state index contributed by atoms with van der Waals surface area (Å²) in [6.07, 6.45) is 0. The zero-order chi connectivity index (χ0) is 13.0. The van der Waals surface area contributed by atoms with Gasteiger partial charge in [0.15, 0.2) is 0 Å². The fourth-order valence-electron chi connectivity index (χ4n) is 1.98. The number of piperazine rings is 1. The molecule has 94 valence electrons. The van der Waals surface area contributed by atoms with Gasteiger partial charge in [0, 0.05) is 35.3 Å². The van der Waals surface area contributed by atoms with Crippen LogP contribution in [0.5, 0.6) is 0 Å². The van der Waals surface area contributed by atoms with Crippen LogP contribution in [0.15, 0.2) is 24.3 Å². The van der Waals surface area contributed by atoms with Gasteiger partial charge in [0.1, 0.15) is 0 Å². The first-order valence-corrected chi connectivity index (χ1v) is 6.93. The predicted octanol–water partition coefficient (Wildman–Crippen LogP) is 1.57. The SMILES string of the molecule is N#CCN1CCN(C(=O)c2ccc(I)cc2)CC1. The number of hydrogen-bond acceptors (Lipinski definition) is 3. The van der Waals surface area contributed by atoms with Gasteiger partial charge in [-0.25, -0.2) is 0 Å². The molecule has 1 amide bonds. The summed E-state index contributed by atoms with van der Waals surface area (Å²) in [5, 5.41) is 8.62. The van der Waals surface area contributed by atoms with Gasteiger partial charge in [0.05, 0.1) is 12.6 Å². The standard InChI is InChI=1S/C13H14IN3O/c14-12-3-1-11(2-4-12)13(18)17-9-7-16(6-5-15)8-10-17/h1-4H,6-10H2. The third-order valence-corrected chi connectivity index (χ3v) is 3.76. The molecule has 0 N–H and O–H groups in total. The molecule has 1 aromatic rings. The number of nitrogens with zero attached hydrogens (tertiary/aromatic N) is 3. The van der Waals surface area contributed by atoms with Crippen molar-refractivity contribution in [3.8, 4) is 6.07 Å². The number of carbonyl (C=O) groups excluding carboxylic acids is 1. The van der Waals surface area contributed by atoms with Crippen LogP contribution in [0.25, 0.3) is 0 Å². The highest BCUT2D eigenvalue weighted by atomic mass is 127. The third kappa shape index (κ3) is 3.21. The summed E-state index contributed by atoms with van der Waals surface area (Å²) in [7, 11) is 0. The van der Waals surface area contributed by atoms with Crippen LogP contribution in [-0.4, -0.2) is 48.4 Å². The Labute approximate surface area is 120 Å². The molecule has 0 aromatic heterocycles. The van der Waals surface area contributed by atoms with Gasteiger partial charge in [-0.3, -0.25) is 9.69 Å². The first-order valence-electron chi connectivity index (χ1n) is 5.85. The third-order valence-electron chi connectivity index (χ3n) is 3.04. The summed E-state index contributed by atoms with van der Waals surface area (Å²) < 4.78 is 1.13. The Morgan fingerprint density at radius 2 is 1.83 bits per heavy atom. The molecule has 1 aromatic carbocycles. The molecule has 2 rings (SSSR count). The van der Waals surface area contributed by atoms with Crippen molar-refractivity contribution >= 4 is 28.5 Å². The number of benzene rings is 1. The van der Waals surface area contributed by atoms with Gasteiger partial charge in [-0.05, 0) is 46.9 Å². The van der Waals surface area contributed by atoms with Gasteiger partial charge < -0.3 is 4.90 Å². The molecule has 1 aliphatic rings. The number of halogens is 1. The second-order valence-electron chi connectivity index (χ2n) is 4.23. The van der Waals surface area contributed by atoms with Gasteiger partial charge in [0.25, 0.3) is 5.91 Å². The summed E-state index contributed by atoms with van der Waals surface area (Å²) in [5.41, 5.74) is 0.740. The minimum atomic E-state index is 0.0861. The van der Waals surface area contributed by atoms with E-state index in [1.54, 1.807) is 0 Å². The van der Waals surface area contributed by atoms with Gasteiger partial charge in [-0.15, -0.1) is 0 Å². The zero-order valence-corrected chi connectivity index (χ0v) is 12.1. The van der Waals surface area contributed by atoms with Crippen molar-refractivity contribution in [2.75, 3.05) is 32.7 Å². The summed E-state index contributed by atoms with van der Waals surface area (Å²) in [4.78, 5) is 16.1. The lowest BCUT2D eigenvalue weighted by Gasteiger charge is -2.33. The molecule has 0 aliphatic carbocycles. The summed E-state index contributed by atoms with van der Waals surface area (Å²) >= 11 is 2.22. The van der Waals surface area contributed by atoms with E-state index in [0.29, 0.717) is 19.6 Å². The molecule has 0 unspecified atom stereocenters. The first kappa shape index (κ1) is 13.3. The molecule has 5 heteroatoms. The van der Waals surface area contributed by atoms with Crippen molar-refractivity contribution in [3.63, 3.8) is 0 Å². The van der Waals surface area contributed by atoms with Crippen molar-refractivity contribution in [1.29, 1.82) is 5.26 Å². The fraction of sp³-hybridized carbons (Fsp3) is 0.385. The van der Waals surface area contributed by atoms with Crippen LogP contribution in [0.3, 0.4) is 0 Å². The fourth-order valence-corrected chi connectivity index (χ4v) is 2.34. The number of carbonyl (C=O) groups is 1. The highest BCUT2D eigenvalue weighted by molar-refractivity contribution is 14.1. The Balaban J connectivity index is 1.95. The van der Waals surface area contributed by atoms with Crippen LogP contribution >= 0.6 is 22.6 Å². The highest BCUT2D eigenvalue weighted by Crippen LogP contribution is 2.11. The van der Waals surface area contributed by atoms with Crippen LogP contribution < -0.4 is 0 Å². The van der Waals surface area contributed by atoms with Gasteiger partial charge in [-0.1, -0.05) is 0 Å². The monoisotopic (exact) mass is 355 g/mol. The molecule has 4 nitrogen and oxygen atoms in total. The predicted molar refractivity (Wildman–Crippen MR) is 77.1 cm³/mol. The topological polar surface area (TPSA) is 47.3 Å². The summed E-state index contributed by atoms with van der Waals surface area (Å²) in [5.74, 6) is 0.0861. The zero-order valence-electron chi connectivity index (χ0n) is 9.97. The van der Waals surface area contributed by atoms with E-state index in [4.69, 9.17) is 5.26 Å². The number of amides is 1.